The average Bonchev–Trinajstić information content (AvgIpc) is 2.60. The summed E-state index contributed by atoms with van der Waals surface area (Å²) in [6.07, 6.45) is 5.41. The van der Waals surface area contributed by atoms with Gasteiger partial charge in [0.25, 0.3) is 0 Å². The van der Waals surface area contributed by atoms with Crippen LogP contribution in [0.2, 0.25) is 0 Å². The topological polar surface area (TPSA) is 119 Å². The van der Waals surface area contributed by atoms with Crippen molar-refractivity contribution in [2.45, 2.75) is 76.0 Å². The number of ether oxygens (including phenoxy) is 2. The molecule has 0 aliphatic heterocycles. The molecule has 7 heteroatoms. The van der Waals surface area contributed by atoms with E-state index < -0.39 is 29.2 Å². The van der Waals surface area contributed by atoms with Gasteiger partial charge in [-0.1, -0.05) is 32.1 Å². The number of esters is 2. The van der Waals surface area contributed by atoms with E-state index in [1.165, 1.54) is 0 Å². The summed E-state index contributed by atoms with van der Waals surface area (Å²) < 4.78 is 9.98. The lowest BCUT2D eigenvalue weighted by atomic mass is 9.61. The third kappa shape index (κ3) is 3.83. The molecule has 2 fully saturated rings. The van der Waals surface area contributed by atoms with E-state index in [0.29, 0.717) is 0 Å². The van der Waals surface area contributed by atoms with Crippen LogP contribution in [0.4, 0.5) is 0 Å². The zero-order valence-corrected chi connectivity index (χ0v) is 15.2. The predicted molar refractivity (Wildman–Crippen MR) is 90.4 cm³/mol. The Hall–Kier alpha value is -1.18. The van der Waals surface area contributed by atoms with Gasteiger partial charge in [-0.05, 0) is 38.5 Å². The van der Waals surface area contributed by atoms with Crippen LogP contribution in [0.5, 0.6) is 0 Å². The van der Waals surface area contributed by atoms with E-state index in [4.69, 9.17) is 15.2 Å². The maximum atomic E-state index is 12.4. The van der Waals surface area contributed by atoms with E-state index in [1.807, 2.05) is 0 Å². The van der Waals surface area contributed by atoms with Gasteiger partial charge in [0.1, 0.15) is 0 Å². The summed E-state index contributed by atoms with van der Waals surface area (Å²) in [5.74, 6) is -1.72. The van der Waals surface area contributed by atoms with Crippen molar-refractivity contribution in [3.05, 3.63) is 0 Å². The number of hydrogen-bond acceptors (Lipinski definition) is 7. The molecule has 0 heterocycles. The van der Waals surface area contributed by atoms with Gasteiger partial charge < -0.3 is 25.4 Å². The molecule has 0 bridgehead atoms. The third-order valence-corrected chi connectivity index (χ3v) is 5.75. The summed E-state index contributed by atoms with van der Waals surface area (Å²) in [6, 6.07) is -1.49. The molecule has 4 N–H and O–H groups in total. The largest absolute Gasteiger partial charge is 0.464 e. The fourth-order valence-electron chi connectivity index (χ4n) is 4.39. The van der Waals surface area contributed by atoms with E-state index >= 15 is 0 Å². The second-order valence-electron chi connectivity index (χ2n) is 7.33. The van der Waals surface area contributed by atoms with E-state index in [9.17, 15) is 19.8 Å². The highest BCUT2D eigenvalue weighted by Crippen LogP contribution is 2.46. The number of carbonyl (C=O) groups is 2. The highest BCUT2D eigenvalue weighted by Gasteiger charge is 2.63. The van der Waals surface area contributed by atoms with Gasteiger partial charge in [0, 0.05) is 0 Å². The van der Waals surface area contributed by atoms with Crippen LogP contribution in [-0.2, 0) is 19.1 Å². The Morgan fingerprint density at radius 1 is 0.920 bits per heavy atom. The smallest absolute Gasteiger partial charge is 0.339 e. The second kappa shape index (κ2) is 8.01. The first-order chi connectivity index (χ1) is 11.8. The summed E-state index contributed by atoms with van der Waals surface area (Å²) in [5.41, 5.74) is 1.85. The minimum Gasteiger partial charge on any atom is -0.464 e. The van der Waals surface area contributed by atoms with Crippen molar-refractivity contribution in [2.24, 2.45) is 17.6 Å². The van der Waals surface area contributed by atoms with Crippen LogP contribution in [0.1, 0.15) is 58.8 Å². The molecule has 2 unspecified atom stereocenters. The van der Waals surface area contributed by atoms with Crippen molar-refractivity contribution in [1.82, 2.24) is 0 Å². The molecule has 0 aromatic heterocycles. The second-order valence-corrected chi connectivity index (χ2v) is 7.33. The maximum absolute atomic E-state index is 12.4. The Morgan fingerprint density at radius 2 is 1.36 bits per heavy atom. The van der Waals surface area contributed by atoms with Gasteiger partial charge in [0.2, 0.25) is 0 Å². The van der Waals surface area contributed by atoms with Crippen LogP contribution in [-0.4, -0.2) is 52.6 Å². The van der Waals surface area contributed by atoms with E-state index in [1.54, 1.807) is 13.8 Å². The Labute approximate surface area is 148 Å². The SMILES string of the molecule is CCOC(=O)[C@]1(O)CC(C2CCCCC2)C[C@](O)(C(=O)OCC)C1N. The molecule has 2 aliphatic carbocycles. The minimum absolute atomic E-state index is 0.0831. The zero-order valence-electron chi connectivity index (χ0n) is 15.2. The molecular weight excluding hydrogens is 326 g/mol. The van der Waals surface area contributed by atoms with Crippen molar-refractivity contribution in [1.29, 1.82) is 0 Å². The van der Waals surface area contributed by atoms with Gasteiger partial charge in [-0.25, -0.2) is 9.59 Å². The first-order valence-corrected chi connectivity index (χ1v) is 9.34. The lowest BCUT2D eigenvalue weighted by Gasteiger charge is -2.49. The van der Waals surface area contributed by atoms with Crippen molar-refractivity contribution in [2.75, 3.05) is 13.2 Å². The molecule has 25 heavy (non-hydrogen) atoms. The van der Waals surface area contributed by atoms with Gasteiger partial charge >= 0.3 is 11.9 Å². The molecule has 0 aromatic carbocycles. The molecule has 2 aliphatic rings. The molecule has 0 spiro atoms. The molecule has 0 amide bonds. The number of rotatable bonds is 5. The summed E-state index contributed by atoms with van der Waals surface area (Å²) >= 11 is 0. The summed E-state index contributed by atoms with van der Waals surface area (Å²) in [6.45, 7) is 3.43. The van der Waals surface area contributed by atoms with Crippen LogP contribution in [0.3, 0.4) is 0 Å². The lowest BCUT2D eigenvalue weighted by molar-refractivity contribution is -0.204. The molecule has 144 valence electrons. The van der Waals surface area contributed by atoms with Crippen LogP contribution in [0.25, 0.3) is 0 Å². The van der Waals surface area contributed by atoms with Gasteiger partial charge in [-0.15, -0.1) is 0 Å². The standard InChI is InChI=1S/C18H31NO6/c1-3-24-15(20)17(22)10-13(12-8-6-5-7-9-12)11-18(23,14(17)19)16(21)25-4-2/h12-14,22-23H,3-11,19H2,1-2H3/t13?,14?,17-,18+. The van der Waals surface area contributed by atoms with E-state index in [-0.39, 0.29) is 37.9 Å². The Balaban J connectivity index is 2.35. The molecule has 7 nitrogen and oxygen atoms in total. The molecule has 2 rings (SSSR count). The lowest BCUT2D eigenvalue weighted by Crippen LogP contribution is -2.72. The average molecular weight is 357 g/mol. The number of carbonyl (C=O) groups excluding carboxylic acids is 2. The summed E-state index contributed by atoms with van der Waals surface area (Å²) in [4.78, 5) is 24.8. The Morgan fingerprint density at radius 3 is 1.76 bits per heavy atom. The Bertz CT molecular complexity index is 458. The van der Waals surface area contributed by atoms with Crippen LogP contribution in [0.15, 0.2) is 0 Å². The van der Waals surface area contributed by atoms with Crippen LogP contribution < -0.4 is 5.73 Å². The van der Waals surface area contributed by atoms with Gasteiger partial charge in [-0.3, -0.25) is 0 Å². The highest BCUT2D eigenvalue weighted by molar-refractivity contribution is 5.86. The fraction of sp³-hybridized carbons (Fsp3) is 0.889. The molecule has 0 aromatic rings. The number of hydrogen-bond donors (Lipinski definition) is 3. The number of aliphatic hydroxyl groups is 2. The minimum atomic E-state index is -2.10. The fourth-order valence-corrected chi connectivity index (χ4v) is 4.39. The van der Waals surface area contributed by atoms with Crippen molar-refractivity contribution in [3.63, 3.8) is 0 Å². The van der Waals surface area contributed by atoms with Crippen molar-refractivity contribution >= 4 is 11.9 Å². The summed E-state index contributed by atoms with van der Waals surface area (Å²) in [7, 11) is 0. The third-order valence-electron chi connectivity index (χ3n) is 5.75. The van der Waals surface area contributed by atoms with Gasteiger partial charge in [0.15, 0.2) is 11.2 Å². The zero-order chi connectivity index (χ0) is 18.7. The normalized spacial score (nSPS) is 36.7. The van der Waals surface area contributed by atoms with Crippen LogP contribution in [0, 0.1) is 11.8 Å². The summed E-state index contributed by atoms with van der Waals surface area (Å²) in [5, 5.41) is 22.1. The van der Waals surface area contributed by atoms with E-state index in [2.05, 4.69) is 0 Å². The van der Waals surface area contributed by atoms with Gasteiger partial charge in [0.05, 0.1) is 19.3 Å². The molecular formula is C18H31NO6. The number of nitrogens with two attached hydrogens (primary N) is 1. The maximum Gasteiger partial charge on any atom is 0.339 e. The van der Waals surface area contributed by atoms with Crippen LogP contribution >= 0.6 is 0 Å². The Kier molecular flexibility index (Phi) is 6.45. The van der Waals surface area contributed by atoms with Crippen molar-refractivity contribution < 1.29 is 29.3 Å². The first-order valence-electron chi connectivity index (χ1n) is 9.34. The van der Waals surface area contributed by atoms with Crippen molar-refractivity contribution in [3.8, 4) is 0 Å². The molecule has 4 atom stereocenters. The first kappa shape index (κ1) is 20.1. The molecule has 2 saturated carbocycles. The van der Waals surface area contributed by atoms with Gasteiger partial charge in [-0.2, -0.15) is 0 Å². The highest BCUT2D eigenvalue weighted by atomic mass is 16.6. The predicted octanol–water partition coefficient (Wildman–Crippen LogP) is 0.892. The molecule has 0 saturated heterocycles. The monoisotopic (exact) mass is 357 g/mol. The molecule has 0 radical (unpaired) electrons. The van der Waals surface area contributed by atoms with E-state index in [0.717, 1.165) is 32.1 Å². The quantitative estimate of drug-likeness (QED) is 0.625.